The van der Waals surface area contributed by atoms with E-state index in [1.807, 2.05) is 0 Å². The first kappa shape index (κ1) is 9.82. The van der Waals surface area contributed by atoms with Gasteiger partial charge < -0.3 is 14.9 Å². The van der Waals surface area contributed by atoms with E-state index in [0.29, 0.717) is 6.42 Å². The van der Waals surface area contributed by atoms with E-state index >= 15 is 0 Å². The lowest BCUT2D eigenvalue weighted by Gasteiger charge is -2.58. The number of hydrogen-bond donors (Lipinski definition) is 2. The Morgan fingerprint density at radius 2 is 2.20 bits per heavy atom. The van der Waals surface area contributed by atoms with Gasteiger partial charge in [0, 0.05) is 18.3 Å². The predicted octanol–water partition coefficient (Wildman–Crippen LogP) is 1.06. The molecule has 0 aromatic heterocycles. The summed E-state index contributed by atoms with van der Waals surface area (Å²) in [5, 5.41) is 20.4. The molecule has 3 aliphatic rings. The van der Waals surface area contributed by atoms with Gasteiger partial charge in [-0.15, -0.1) is 0 Å². The number of ether oxygens (including phenoxy) is 1. The molecule has 1 saturated heterocycles. The molecule has 15 heavy (non-hydrogen) atoms. The van der Waals surface area contributed by atoms with Crippen LogP contribution in [-0.2, 0) is 4.74 Å². The van der Waals surface area contributed by atoms with Gasteiger partial charge in [0.15, 0.2) is 5.79 Å². The van der Waals surface area contributed by atoms with Crippen LogP contribution in [0.2, 0.25) is 0 Å². The maximum atomic E-state index is 10.4. The van der Waals surface area contributed by atoms with E-state index in [-0.39, 0.29) is 23.9 Å². The Balaban J connectivity index is 2.06. The Kier molecular flexibility index (Phi) is 1.86. The highest BCUT2D eigenvalue weighted by Gasteiger charge is 2.59. The minimum atomic E-state index is -0.978. The Hall–Kier alpha value is -0.380. The molecule has 0 spiro atoms. The van der Waals surface area contributed by atoms with Crippen LogP contribution in [0.25, 0.3) is 0 Å². The molecule has 1 saturated carbocycles. The van der Waals surface area contributed by atoms with Crippen LogP contribution in [0.1, 0.15) is 26.2 Å². The fourth-order valence-corrected chi connectivity index (χ4v) is 3.77. The highest BCUT2D eigenvalue weighted by molar-refractivity contribution is 5.16. The highest BCUT2D eigenvalue weighted by Crippen LogP contribution is 2.57. The summed E-state index contributed by atoms with van der Waals surface area (Å²) >= 11 is 0. The van der Waals surface area contributed by atoms with Crippen molar-refractivity contribution >= 4 is 0 Å². The Bertz CT molecular complexity index is 314. The summed E-state index contributed by atoms with van der Waals surface area (Å²) < 4.78 is 5.45. The molecule has 5 atom stereocenters. The van der Waals surface area contributed by atoms with Crippen molar-refractivity contribution in [1.82, 2.24) is 0 Å². The van der Waals surface area contributed by atoms with Gasteiger partial charge in [0.05, 0.1) is 12.7 Å². The second kappa shape index (κ2) is 2.84. The fourth-order valence-electron chi connectivity index (χ4n) is 3.77. The van der Waals surface area contributed by atoms with Crippen molar-refractivity contribution in [3.05, 3.63) is 12.2 Å². The van der Waals surface area contributed by atoms with E-state index in [1.54, 1.807) is 0 Å². The average Bonchev–Trinajstić information content (AvgIpc) is 2.20. The third-order valence-electron chi connectivity index (χ3n) is 4.60. The first-order valence-corrected chi connectivity index (χ1v) is 5.77. The summed E-state index contributed by atoms with van der Waals surface area (Å²) in [6.45, 7) is 2.47. The highest BCUT2D eigenvalue weighted by atomic mass is 16.6. The van der Waals surface area contributed by atoms with Crippen molar-refractivity contribution in [2.75, 3.05) is 6.61 Å². The molecule has 84 valence electrons. The van der Waals surface area contributed by atoms with E-state index in [1.165, 1.54) is 0 Å². The first-order valence-electron chi connectivity index (χ1n) is 5.77. The molecule has 4 bridgehead atoms. The minimum absolute atomic E-state index is 0.0539. The molecule has 0 aromatic carbocycles. The van der Waals surface area contributed by atoms with E-state index in [2.05, 4.69) is 19.1 Å². The third kappa shape index (κ3) is 1.17. The quantitative estimate of drug-likeness (QED) is 0.588. The van der Waals surface area contributed by atoms with Crippen molar-refractivity contribution in [2.24, 2.45) is 17.3 Å². The Morgan fingerprint density at radius 1 is 1.40 bits per heavy atom. The van der Waals surface area contributed by atoms with Crippen molar-refractivity contribution in [3.8, 4) is 0 Å². The number of hydrogen-bond acceptors (Lipinski definition) is 3. The molecule has 2 aliphatic carbocycles. The largest absolute Gasteiger partial charge is 0.390 e. The van der Waals surface area contributed by atoms with Gasteiger partial charge in [0.25, 0.3) is 0 Å². The SMILES string of the molecule is C[C@]12C=CC[C@@H]3C1[C@H](O)CO[C@@]3(O)CC2. The molecular formula is C12H18O3. The van der Waals surface area contributed by atoms with E-state index in [0.717, 1.165) is 12.8 Å². The predicted molar refractivity (Wildman–Crippen MR) is 55.0 cm³/mol. The van der Waals surface area contributed by atoms with Crippen molar-refractivity contribution in [2.45, 2.75) is 38.1 Å². The Labute approximate surface area is 89.7 Å². The molecule has 3 rings (SSSR count). The van der Waals surface area contributed by atoms with E-state index < -0.39 is 11.9 Å². The van der Waals surface area contributed by atoms with Crippen LogP contribution < -0.4 is 0 Å². The summed E-state index contributed by atoms with van der Waals surface area (Å²) in [6, 6.07) is 0. The molecular weight excluding hydrogens is 192 g/mol. The summed E-state index contributed by atoms with van der Waals surface area (Å²) in [5.74, 6) is -0.742. The van der Waals surface area contributed by atoms with Crippen LogP contribution in [0.15, 0.2) is 12.2 Å². The number of allylic oxidation sites excluding steroid dienone is 2. The molecule has 2 fully saturated rings. The second-order valence-electron chi connectivity index (χ2n) is 5.50. The lowest BCUT2D eigenvalue weighted by molar-refractivity contribution is -0.327. The van der Waals surface area contributed by atoms with Crippen LogP contribution >= 0.6 is 0 Å². The third-order valence-corrected chi connectivity index (χ3v) is 4.60. The smallest absolute Gasteiger partial charge is 0.169 e. The zero-order valence-corrected chi connectivity index (χ0v) is 9.02. The van der Waals surface area contributed by atoms with Crippen molar-refractivity contribution in [1.29, 1.82) is 0 Å². The maximum Gasteiger partial charge on any atom is 0.169 e. The number of aliphatic hydroxyl groups excluding tert-OH is 1. The van der Waals surface area contributed by atoms with Gasteiger partial charge in [-0.1, -0.05) is 19.1 Å². The van der Waals surface area contributed by atoms with Gasteiger partial charge in [-0.05, 0) is 18.3 Å². The van der Waals surface area contributed by atoms with Crippen LogP contribution in [0.3, 0.4) is 0 Å². The van der Waals surface area contributed by atoms with Gasteiger partial charge in [-0.2, -0.15) is 0 Å². The van der Waals surface area contributed by atoms with E-state index in [4.69, 9.17) is 4.74 Å². The lowest BCUT2D eigenvalue weighted by Crippen LogP contribution is -2.62. The molecule has 0 amide bonds. The van der Waals surface area contributed by atoms with Crippen LogP contribution in [-0.4, -0.2) is 28.7 Å². The minimum Gasteiger partial charge on any atom is -0.390 e. The van der Waals surface area contributed by atoms with Gasteiger partial charge >= 0.3 is 0 Å². The first-order chi connectivity index (χ1) is 7.05. The fraction of sp³-hybridized carbons (Fsp3) is 0.833. The number of rotatable bonds is 0. The zero-order valence-electron chi connectivity index (χ0n) is 9.02. The number of aliphatic hydroxyl groups is 2. The van der Waals surface area contributed by atoms with Crippen molar-refractivity contribution < 1.29 is 14.9 Å². The molecule has 1 heterocycles. The lowest BCUT2D eigenvalue weighted by atomic mass is 9.54. The van der Waals surface area contributed by atoms with Gasteiger partial charge in [0.2, 0.25) is 0 Å². The average molecular weight is 210 g/mol. The molecule has 0 radical (unpaired) electrons. The molecule has 2 N–H and O–H groups in total. The van der Waals surface area contributed by atoms with Gasteiger partial charge in [-0.25, -0.2) is 0 Å². The summed E-state index contributed by atoms with van der Waals surface area (Å²) in [5.41, 5.74) is 0.0539. The van der Waals surface area contributed by atoms with Crippen molar-refractivity contribution in [3.63, 3.8) is 0 Å². The normalized spacial score (nSPS) is 57.9. The summed E-state index contributed by atoms with van der Waals surface area (Å²) in [7, 11) is 0. The molecule has 3 heteroatoms. The van der Waals surface area contributed by atoms with E-state index in [9.17, 15) is 10.2 Å². The zero-order chi connectivity index (χ0) is 10.7. The van der Waals surface area contributed by atoms with Gasteiger partial charge in [0.1, 0.15) is 0 Å². The maximum absolute atomic E-state index is 10.4. The van der Waals surface area contributed by atoms with Crippen LogP contribution in [0, 0.1) is 17.3 Å². The monoisotopic (exact) mass is 210 g/mol. The molecule has 3 nitrogen and oxygen atoms in total. The molecule has 1 unspecified atom stereocenters. The Morgan fingerprint density at radius 3 is 2.93 bits per heavy atom. The van der Waals surface area contributed by atoms with Gasteiger partial charge in [-0.3, -0.25) is 0 Å². The topological polar surface area (TPSA) is 49.7 Å². The molecule has 0 aromatic rings. The molecule has 1 aliphatic heterocycles. The second-order valence-corrected chi connectivity index (χ2v) is 5.50. The van der Waals surface area contributed by atoms with Crippen LogP contribution in [0.5, 0.6) is 0 Å². The summed E-state index contributed by atoms with van der Waals surface area (Å²) in [4.78, 5) is 0. The summed E-state index contributed by atoms with van der Waals surface area (Å²) in [6.07, 6.45) is 6.36. The van der Waals surface area contributed by atoms with Crippen LogP contribution in [0.4, 0.5) is 0 Å². The standard InChI is InChI=1S/C12H18O3/c1-11-4-2-3-8-10(11)9(13)7-15-12(8,14)6-5-11/h2,4,8-10,13-14H,3,5-7H2,1H3/t8-,9-,10?,11-,12+/m1/s1.